The Labute approximate surface area is 58.9 Å². The molecule has 0 aromatic carbocycles. The summed E-state index contributed by atoms with van der Waals surface area (Å²) in [5.41, 5.74) is 6.47. The minimum atomic E-state index is 0.377. The van der Waals surface area contributed by atoms with Crippen LogP contribution in [0.2, 0.25) is 0 Å². The molecule has 0 atom stereocenters. The van der Waals surface area contributed by atoms with Crippen LogP contribution < -0.4 is 5.73 Å². The third-order valence-corrected chi connectivity index (χ3v) is 1.16. The van der Waals surface area contributed by atoms with E-state index in [0.29, 0.717) is 18.5 Å². The molecule has 0 aliphatic rings. The number of nitrogens with two attached hydrogens (primary N) is 1. The molecule has 3 nitrogen and oxygen atoms in total. The van der Waals surface area contributed by atoms with Crippen molar-refractivity contribution in [2.24, 2.45) is 5.73 Å². The Morgan fingerprint density at radius 1 is 1.60 bits per heavy atom. The van der Waals surface area contributed by atoms with E-state index in [4.69, 9.17) is 5.73 Å². The molecule has 0 amide bonds. The van der Waals surface area contributed by atoms with Crippen LogP contribution in [-0.4, -0.2) is 11.3 Å². The highest BCUT2D eigenvalue weighted by atomic mass is 16.1. The second-order valence-electron chi connectivity index (χ2n) is 1.88. The van der Waals surface area contributed by atoms with Crippen molar-refractivity contribution in [2.45, 2.75) is 6.54 Å². The number of hydrogen-bond acceptors (Lipinski definition) is 3. The van der Waals surface area contributed by atoms with Crippen molar-refractivity contribution < 1.29 is 4.79 Å². The average molecular weight is 136 g/mol. The van der Waals surface area contributed by atoms with Crippen LogP contribution in [0.3, 0.4) is 0 Å². The van der Waals surface area contributed by atoms with E-state index in [1.54, 1.807) is 18.2 Å². The van der Waals surface area contributed by atoms with E-state index in [2.05, 4.69) is 4.98 Å². The highest BCUT2D eigenvalue weighted by Gasteiger charge is 1.91. The fraction of sp³-hybridized carbons (Fsp3) is 0.143. The second kappa shape index (κ2) is 3.08. The summed E-state index contributed by atoms with van der Waals surface area (Å²) in [4.78, 5) is 14.1. The molecule has 10 heavy (non-hydrogen) atoms. The topological polar surface area (TPSA) is 56.0 Å². The summed E-state index contributed by atoms with van der Waals surface area (Å²) in [6.45, 7) is 0.377. The van der Waals surface area contributed by atoms with Gasteiger partial charge in [-0.05, 0) is 12.1 Å². The number of aldehydes is 1. The van der Waals surface area contributed by atoms with Gasteiger partial charge in [-0.2, -0.15) is 0 Å². The van der Waals surface area contributed by atoms with Crippen molar-refractivity contribution in [3.63, 3.8) is 0 Å². The smallest absolute Gasteiger partial charge is 0.168 e. The summed E-state index contributed by atoms with van der Waals surface area (Å²) in [7, 11) is 0. The number of pyridine rings is 1. The third-order valence-electron chi connectivity index (χ3n) is 1.16. The van der Waals surface area contributed by atoms with Gasteiger partial charge in [-0.25, -0.2) is 4.98 Å². The van der Waals surface area contributed by atoms with Gasteiger partial charge in [0.05, 0.1) is 5.69 Å². The van der Waals surface area contributed by atoms with Gasteiger partial charge in [0.15, 0.2) is 6.29 Å². The Morgan fingerprint density at radius 2 is 2.40 bits per heavy atom. The highest BCUT2D eigenvalue weighted by Crippen LogP contribution is 1.94. The molecule has 0 unspecified atom stereocenters. The van der Waals surface area contributed by atoms with Crippen LogP contribution in [0.5, 0.6) is 0 Å². The van der Waals surface area contributed by atoms with E-state index in [9.17, 15) is 4.79 Å². The van der Waals surface area contributed by atoms with Crippen LogP contribution in [0.1, 0.15) is 16.2 Å². The molecule has 1 rings (SSSR count). The summed E-state index contributed by atoms with van der Waals surface area (Å²) in [5.74, 6) is 0. The van der Waals surface area contributed by atoms with E-state index in [1.807, 2.05) is 0 Å². The van der Waals surface area contributed by atoms with E-state index < -0.39 is 0 Å². The molecule has 3 heteroatoms. The Balaban J connectivity index is 2.98. The zero-order chi connectivity index (χ0) is 7.40. The number of hydrogen-bond donors (Lipinski definition) is 1. The predicted molar refractivity (Wildman–Crippen MR) is 37.5 cm³/mol. The lowest BCUT2D eigenvalue weighted by atomic mass is 10.3. The Bertz CT molecular complexity index is 235. The molecule has 0 saturated carbocycles. The molecule has 0 aliphatic heterocycles. The Morgan fingerprint density at radius 3 is 3.00 bits per heavy atom. The lowest BCUT2D eigenvalue weighted by Crippen LogP contribution is -2.00. The summed E-state index contributed by atoms with van der Waals surface area (Å²) < 4.78 is 0. The molecule has 0 fully saturated rings. The normalized spacial score (nSPS) is 9.30. The first-order chi connectivity index (χ1) is 4.86. The van der Waals surface area contributed by atoms with Crippen LogP contribution in [-0.2, 0) is 6.54 Å². The maximum Gasteiger partial charge on any atom is 0.168 e. The summed E-state index contributed by atoms with van der Waals surface area (Å²) in [6, 6.07) is 5.19. The monoisotopic (exact) mass is 136 g/mol. The minimum absolute atomic E-state index is 0.377. The molecule has 1 heterocycles. The van der Waals surface area contributed by atoms with Crippen LogP contribution in [0.4, 0.5) is 0 Å². The summed E-state index contributed by atoms with van der Waals surface area (Å²) in [5, 5.41) is 0. The highest BCUT2D eigenvalue weighted by molar-refractivity contribution is 5.71. The number of nitrogens with zero attached hydrogens (tertiary/aromatic N) is 1. The van der Waals surface area contributed by atoms with Gasteiger partial charge in [0.2, 0.25) is 0 Å². The van der Waals surface area contributed by atoms with E-state index in [1.165, 1.54) is 0 Å². The molecule has 0 spiro atoms. The summed E-state index contributed by atoms with van der Waals surface area (Å²) in [6.07, 6.45) is 0.708. The molecule has 0 radical (unpaired) electrons. The standard InChI is InChI=1S/C7H8N2O/c8-4-6-2-1-3-7(5-10)9-6/h1-3,5H,4,8H2. The van der Waals surface area contributed by atoms with E-state index >= 15 is 0 Å². The molecule has 1 aromatic heterocycles. The van der Waals surface area contributed by atoms with Crippen molar-refractivity contribution in [3.8, 4) is 0 Å². The molecule has 0 aliphatic carbocycles. The quantitative estimate of drug-likeness (QED) is 0.597. The SMILES string of the molecule is NCc1cccc(C=O)n1. The molecule has 52 valence electrons. The lowest BCUT2D eigenvalue weighted by molar-refractivity contribution is 0.111. The molecular formula is C7H8N2O. The largest absolute Gasteiger partial charge is 0.325 e. The molecule has 2 N–H and O–H groups in total. The maximum absolute atomic E-state index is 10.2. The van der Waals surface area contributed by atoms with Gasteiger partial charge in [0, 0.05) is 6.54 Å². The number of rotatable bonds is 2. The van der Waals surface area contributed by atoms with Gasteiger partial charge in [0.25, 0.3) is 0 Å². The molecule has 0 saturated heterocycles. The van der Waals surface area contributed by atoms with Crippen LogP contribution >= 0.6 is 0 Å². The van der Waals surface area contributed by atoms with Crippen LogP contribution in [0.15, 0.2) is 18.2 Å². The van der Waals surface area contributed by atoms with Gasteiger partial charge in [-0.1, -0.05) is 6.07 Å². The van der Waals surface area contributed by atoms with Gasteiger partial charge >= 0.3 is 0 Å². The Kier molecular flexibility index (Phi) is 2.12. The molecule has 0 bridgehead atoms. The zero-order valence-corrected chi connectivity index (χ0v) is 5.45. The number of carbonyl (C=O) groups is 1. The molecule has 1 aromatic rings. The molecular weight excluding hydrogens is 128 g/mol. The van der Waals surface area contributed by atoms with Crippen molar-refractivity contribution in [1.82, 2.24) is 4.98 Å². The van der Waals surface area contributed by atoms with Crippen molar-refractivity contribution in [3.05, 3.63) is 29.6 Å². The average Bonchev–Trinajstić information content (AvgIpc) is 2.05. The third kappa shape index (κ3) is 1.39. The first-order valence-corrected chi connectivity index (χ1v) is 2.98. The fourth-order valence-corrected chi connectivity index (χ4v) is 0.677. The number of aromatic nitrogens is 1. The lowest BCUT2D eigenvalue weighted by Gasteiger charge is -1.93. The predicted octanol–water partition coefficient (Wildman–Crippen LogP) is 0.353. The first-order valence-electron chi connectivity index (χ1n) is 2.98. The van der Waals surface area contributed by atoms with Gasteiger partial charge in [-0.3, -0.25) is 4.79 Å². The minimum Gasteiger partial charge on any atom is -0.325 e. The van der Waals surface area contributed by atoms with E-state index in [0.717, 1.165) is 5.69 Å². The van der Waals surface area contributed by atoms with Crippen LogP contribution in [0.25, 0.3) is 0 Å². The van der Waals surface area contributed by atoms with Crippen molar-refractivity contribution in [1.29, 1.82) is 0 Å². The van der Waals surface area contributed by atoms with Gasteiger partial charge < -0.3 is 5.73 Å². The Hall–Kier alpha value is -1.22. The first kappa shape index (κ1) is 6.89. The number of carbonyl (C=O) groups excluding carboxylic acids is 1. The van der Waals surface area contributed by atoms with Gasteiger partial charge in [-0.15, -0.1) is 0 Å². The second-order valence-corrected chi connectivity index (χ2v) is 1.88. The van der Waals surface area contributed by atoms with Crippen molar-refractivity contribution >= 4 is 6.29 Å². The van der Waals surface area contributed by atoms with Gasteiger partial charge in [0.1, 0.15) is 5.69 Å². The maximum atomic E-state index is 10.2. The van der Waals surface area contributed by atoms with Crippen LogP contribution in [0, 0.1) is 0 Å². The summed E-state index contributed by atoms with van der Waals surface area (Å²) >= 11 is 0. The zero-order valence-electron chi connectivity index (χ0n) is 5.45. The van der Waals surface area contributed by atoms with E-state index in [-0.39, 0.29) is 0 Å². The fourth-order valence-electron chi connectivity index (χ4n) is 0.677. The van der Waals surface area contributed by atoms with Crippen molar-refractivity contribution in [2.75, 3.05) is 0 Å².